The topological polar surface area (TPSA) is 116 Å². The quantitative estimate of drug-likeness (QED) is 0.336. The molecule has 28 heavy (non-hydrogen) atoms. The lowest BCUT2D eigenvalue weighted by Crippen LogP contribution is -2.42. The summed E-state index contributed by atoms with van der Waals surface area (Å²) in [5.41, 5.74) is 0.503. The van der Waals surface area contributed by atoms with Gasteiger partial charge in [-0.25, -0.2) is 9.67 Å². The summed E-state index contributed by atoms with van der Waals surface area (Å²) in [4.78, 5) is 21.2. The average molecular weight is 385 g/mol. The van der Waals surface area contributed by atoms with Crippen molar-refractivity contribution >= 4 is 11.9 Å². The number of hydrogen-bond donors (Lipinski definition) is 4. The molecule has 0 bridgehead atoms. The molecule has 0 spiro atoms. The van der Waals surface area contributed by atoms with Gasteiger partial charge in [0, 0.05) is 25.2 Å². The molecule has 1 aliphatic rings. The Labute approximate surface area is 164 Å². The van der Waals surface area contributed by atoms with Gasteiger partial charge < -0.3 is 21.1 Å². The normalized spacial score (nSPS) is 16.4. The first kappa shape index (κ1) is 19.7. The highest BCUT2D eigenvalue weighted by Crippen LogP contribution is 2.22. The number of aliphatic imine (C=N–C) groups is 1. The lowest BCUT2D eigenvalue weighted by molar-refractivity contribution is 0.0955. The van der Waals surface area contributed by atoms with E-state index < -0.39 is 0 Å². The minimum Gasteiger partial charge on any atom is -0.508 e. The smallest absolute Gasteiger partial charge is 0.251 e. The van der Waals surface area contributed by atoms with E-state index in [9.17, 15) is 9.90 Å². The molecule has 0 saturated heterocycles. The molecule has 2 aromatic rings. The third-order valence-corrected chi connectivity index (χ3v) is 4.43. The maximum atomic E-state index is 12.1. The van der Waals surface area contributed by atoms with Crippen LogP contribution in [0, 0.1) is 6.92 Å². The van der Waals surface area contributed by atoms with Crippen molar-refractivity contribution in [3.63, 3.8) is 0 Å². The van der Waals surface area contributed by atoms with E-state index in [1.807, 2.05) is 18.5 Å². The molecule has 2 heterocycles. The van der Waals surface area contributed by atoms with Gasteiger partial charge in [-0.2, -0.15) is 5.10 Å². The third kappa shape index (κ3) is 4.99. The Morgan fingerprint density at radius 2 is 2.11 bits per heavy atom. The summed E-state index contributed by atoms with van der Waals surface area (Å²) in [7, 11) is 0. The number of carbonyl (C=O) groups is 1. The number of aromatic nitrogens is 3. The highest BCUT2D eigenvalue weighted by molar-refractivity contribution is 5.94. The van der Waals surface area contributed by atoms with Crippen LogP contribution >= 0.6 is 0 Å². The minimum atomic E-state index is -0.191. The molecule has 3 rings (SSSR count). The molecular weight excluding hydrogens is 358 g/mol. The zero-order chi connectivity index (χ0) is 19.9. The predicted molar refractivity (Wildman–Crippen MR) is 106 cm³/mol. The lowest BCUT2D eigenvalue weighted by Gasteiger charge is -2.25. The largest absolute Gasteiger partial charge is 0.508 e. The molecule has 1 aromatic heterocycles. The van der Waals surface area contributed by atoms with Crippen LogP contribution in [0.1, 0.15) is 47.8 Å². The van der Waals surface area contributed by atoms with Gasteiger partial charge in [0.15, 0.2) is 5.96 Å². The number of amides is 1. The second-order valence-electron chi connectivity index (χ2n) is 6.64. The summed E-state index contributed by atoms with van der Waals surface area (Å²) < 4.78 is 1.96. The fourth-order valence-corrected chi connectivity index (χ4v) is 3.14. The van der Waals surface area contributed by atoms with Crippen LogP contribution < -0.4 is 16.0 Å². The molecule has 1 aromatic carbocycles. The molecule has 0 saturated carbocycles. The Morgan fingerprint density at radius 1 is 1.32 bits per heavy atom. The van der Waals surface area contributed by atoms with Gasteiger partial charge in [0.1, 0.15) is 17.4 Å². The maximum Gasteiger partial charge on any atom is 0.251 e. The number of nitrogens with one attached hydrogen (secondary N) is 3. The Kier molecular flexibility index (Phi) is 6.46. The second-order valence-corrected chi connectivity index (χ2v) is 6.64. The van der Waals surface area contributed by atoms with Gasteiger partial charge in [0.25, 0.3) is 5.91 Å². The van der Waals surface area contributed by atoms with Crippen molar-refractivity contribution in [1.29, 1.82) is 0 Å². The number of aryl methyl sites for hydroxylation is 2. The highest BCUT2D eigenvalue weighted by atomic mass is 16.3. The summed E-state index contributed by atoms with van der Waals surface area (Å²) in [5.74, 6) is 2.36. The van der Waals surface area contributed by atoms with Crippen LogP contribution in [0.5, 0.6) is 5.75 Å². The zero-order valence-corrected chi connectivity index (χ0v) is 16.3. The Hall–Kier alpha value is -3.10. The zero-order valence-electron chi connectivity index (χ0n) is 16.3. The number of aromatic hydroxyl groups is 1. The van der Waals surface area contributed by atoms with E-state index in [0.717, 1.165) is 37.6 Å². The van der Waals surface area contributed by atoms with E-state index in [1.54, 1.807) is 12.1 Å². The van der Waals surface area contributed by atoms with Crippen molar-refractivity contribution in [2.24, 2.45) is 4.99 Å². The van der Waals surface area contributed by atoms with Crippen molar-refractivity contribution in [3.8, 4) is 5.75 Å². The van der Waals surface area contributed by atoms with Crippen molar-refractivity contribution in [2.45, 2.75) is 39.3 Å². The lowest BCUT2D eigenvalue weighted by atomic mass is 10.1. The Morgan fingerprint density at radius 3 is 2.86 bits per heavy atom. The van der Waals surface area contributed by atoms with Gasteiger partial charge in [-0.1, -0.05) is 0 Å². The molecule has 0 fully saturated rings. The monoisotopic (exact) mass is 385 g/mol. The van der Waals surface area contributed by atoms with Gasteiger partial charge in [-0.3, -0.25) is 9.79 Å². The first-order valence-electron chi connectivity index (χ1n) is 9.60. The number of rotatable bonds is 6. The van der Waals surface area contributed by atoms with Crippen LogP contribution in [0.25, 0.3) is 0 Å². The molecule has 9 heteroatoms. The molecule has 1 unspecified atom stereocenters. The van der Waals surface area contributed by atoms with Gasteiger partial charge in [-0.15, -0.1) is 0 Å². The van der Waals surface area contributed by atoms with E-state index in [4.69, 9.17) is 0 Å². The van der Waals surface area contributed by atoms with Crippen LogP contribution in [0.4, 0.5) is 0 Å². The molecule has 1 amide bonds. The Bertz CT molecular complexity index is 829. The first-order valence-corrected chi connectivity index (χ1v) is 9.60. The summed E-state index contributed by atoms with van der Waals surface area (Å²) in [5, 5.41) is 23.2. The van der Waals surface area contributed by atoms with Crippen LogP contribution in [0.15, 0.2) is 29.3 Å². The maximum absolute atomic E-state index is 12.1. The summed E-state index contributed by atoms with van der Waals surface area (Å²) in [6.45, 7) is 6.40. The molecule has 1 atom stereocenters. The van der Waals surface area contributed by atoms with Gasteiger partial charge in [0.05, 0.1) is 12.6 Å². The fraction of sp³-hybridized carbons (Fsp3) is 0.474. The van der Waals surface area contributed by atoms with E-state index in [-0.39, 0.29) is 17.7 Å². The average Bonchev–Trinajstić information content (AvgIpc) is 3.07. The number of hydrogen-bond acceptors (Lipinski definition) is 5. The number of carbonyl (C=O) groups excluding carboxylic acids is 1. The molecule has 1 aliphatic heterocycles. The highest BCUT2D eigenvalue weighted by Gasteiger charge is 2.24. The van der Waals surface area contributed by atoms with Crippen molar-refractivity contribution in [1.82, 2.24) is 30.7 Å². The first-order chi connectivity index (χ1) is 13.6. The third-order valence-electron chi connectivity index (χ3n) is 4.43. The fourth-order valence-electron chi connectivity index (χ4n) is 3.14. The van der Waals surface area contributed by atoms with Gasteiger partial charge in [-0.05, 0) is 51.0 Å². The van der Waals surface area contributed by atoms with Gasteiger partial charge in [0.2, 0.25) is 0 Å². The van der Waals surface area contributed by atoms with Crippen LogP contribution in [-0.2, 0) is 6.54 Å². The van der Waals surface area contributed by atoms with E-state index in [2.05, 4.69) is 31.0 Å². The predicted octanol–water partition coefficient (Wildman–Crippen LogP) is 1.11. The van der Waals surface area contributed by atoms with Crippen LogP contribution in [-0.4, -0.2) is 51.4 Å². The van der Waals surface area contributed by atoms with E-state index >= 15 is 0 Å². The number of fused-ring (bicyclic) bond motifs is 1. The van der Waals surface area contributed by atoms with Crippen molar-refractivity contribution in [2.75, 3.05) is 19.6 Å². The second kappa shape index (κ2) is 9.20. The van der Waals surface area contributed by atoms with E-state index in [0.29, 0.717) is 24.6 Å². The summed E-state index contributed by atoms with van der Waals surface area (Å²) in [6.07, 6.45) is 2.01. The van der Waals surface area contributed by atoms with Crippen LogP contribution in [0.2, 0.25) is 0 Å². The number of guanidine groups is 1. The SMILES string of the molecule is CCNC(=NCCNC(=O)c1ccc(O)cc1)NC1CCCn2nc(C)nc21. The van der Waals surface area contributed by atoms with Crippen LogP contribution in [0.3, 0.4) is 0 Å². The van der Waals surface area contributed by atoms with Gasteiger partial charge >= 0.3 is 0 Å². The molecular formula is C19H27N7O2. The number of benzene rings is 1. The van der Waals surface area contributed by atoms with Crippen molar-refractivity contribution in [3.05, 3.63) is 41.5 Å². The minimum absolute atomic E-state index is 0.0688. The molecule has 0 aliphatic carbocycles. The molecule has 9 nitrogen and oxygen atoms in total. The van der Waals surface area contributed by atoms with E-state index in [1.165, 1.54) is 12.1 Å². The number of nitrogens with zero attached hydrogens (tertiary/aromatic N) is 4. The van der Waals surface area contributed by atoms with Crippen molar-refractivity contribution < 1.29 is 9.90 Å². The summed E-state index contributed by atoms with van der Waals surface area (Å²) >= 11 is 0. The number of phenols is 1. The number of phenolic OH excluding ortho intramolecular Hbond substituents is 1. The molecule has 4 N–H and O–H groups in total. The molecule has 0 radical (unpaired) electrons. The summed E-state index contributed by atoms with van der Waals surface area (Å²) in [6, 6.07) is 6.22. The standard InChI is InChI=1S/C19H27N7O2/c1-3-20-19(24-16-5-4-12-26-17(16)23-13(2)25-26)22-11-10-21-18(28)14-6-8-15(27)9-7-14/h6-9,16,27H,3-5,10-12H2,1-2H3,(H,21,28)(H2,20,22,24). The Balaban J connectivity index is 1.54. The molecule has 150 valence electrons.